The Labute approximate surface area is 225 Å². The van der Waals surface area contributed by atoms with Crippen LogP contribution in [0.5, 0.6) is 0 Å². The van der Waals surface area contributed by atoms with Crippen molar-refractivity contribution in [2.45, 2.75) is 19.3 Å². The first-order chi connectivity index (χ1) is 19.1. The Hall–Kier alpha value is -4.82. The van der Waals surface area contributed by atoms with Crippen molar-refractivity contribution in [2.75, 3.05) is 0 Å². The SMILES string of the molecule is CC1(C)c2c(ccc3ccccc23)-c2ccc3c4ccccc4n(-c4ccc5oc6ccccc6c5c4)c3c21. The Balaban J connectivity index is 1.44. The fraction of sp³-hybridized carbons (Fsp3) is 0.0811. The van der Waals surface area contributed by atoms with Gasteiger partial charge in [0, 0.05) is 32.6 Å². The molecule has 0 saturated carbocycles. The van der Waals surface area contributed by atoms with Crippen LogP contribution in [0, 0.1) is 0 Å². The average Bonchev–Trinajstić information content (AvgIpc) is 3.58. The Morgan fingerprint density at radius 1 is 0.538 bits per heavy atom. The number of hydrogen-bond donors (Lipinski definition) is 0. The second-order valence-electron chi connectivity index (χ2n) is 11.3. The van der Waals surface area contributed by atoms with Crippen LogP contribution in [0.15, 0.2) is 120 Å². The number of rotatable bonds is 1. The molecule has 0 unspecified atom stereocenters. The van der Waals surface area contributed by atoms with Gasteiger partial charge in [-0.25, -0.2) is 0 Å². The molecule has 0 saturated heterocycles. The predicted octanol–water partition coefficient (Wildman–Crippen LogP) is 10.1. The summed E-state index contributed by atoms with van der Waals surface area (Å²) in [5.74, 6) is 0. The van der Waals surface area contributed by atoms with Crippen LogP contribution >= 0.6 is 0 Å². The third kappa shape index (κ3) is 2.61. The second-order valence-corrected chi connectivity index (χ2v) is 11.3. The zero-order chi connectivity index (χ0) is 25.9. The van der Waals surface area contributed by atoms with E-state index in [1.54, 1.807) is 0 Å². The van der Waals surface area contributed by atoms with Crippen molar-refractivity contribution in [3.05, 3.63) is 126 Å². The monoisotopic (exact) mass is 499 g/mol. The van der Waals surface area contributed by atoms with E-state index in [0.29, 0.717) is 0 Å². The van der Waals surface area contributed by atoms with Crippen LogP contribution in [-0.4, -0.2) is 4.57 Å². The maximum absolute atomic E-state index is 6.18. The van der Waals surface area contributed by atoms with Crippen LogP contribution in [0.1, 0.15) is 25.0 Å². The van der Waals surface area contributed by atoms with Gasteiger partial charge in [-0.15, -0.1) is 0 Å². The molecule has 2 nitrogen and oxygen atoms in total. The van der Waals surface area contributed by atoms with Crippen molar-refractivity contribution in [1.29, 1.82) is 0 Å². The van der Waals surface area contributed by atoms with Gasteiger partial charge >= 0.3 is 0 Å². The molecule has 0 radical (unpaired) electrons. The van der Waals surface area contributed by atoms with E-state index in [0.717, 1.165) is 27.6 Å². The summed E-state index contributed by atoms with van der Waals surface area (Å²) < 4.78 is 8.67. The van der Waals surface area contributed by atoms with Gasteiger partial charge in [0.05, 0.1) is 11.0 Å². The third-order valence-electron chi connectivity index (χ3n) is 8.92. The molecule has 0 aliphatic heterocycles. The fourth-order valence-corrected chi connectivity index (χ4v) is 7.33. The first kappa shape index (κ1) is 21.2. The summed E-state index contributed by atoms with van der Waals surface area (Å²) in [5, 5.41) is 7.52. The van der Waals surface area contributed by atoms with Crippen LogP contribution in [0.4, 0.5) is 0 Å². The zero-order valence-electron chi connectivity index (χ0n) is 21.8. The van der Waals surface area contributed by atoms with Gasteiger partial charge in [0.15, 0.2) is 0 Å². The molecule has 6 aromatic carbocycles. The van der Waals surface area contributed by atoms with Crippen molar-refractivity contribution >= 4 is 54.5 Å². The Morgan fingerprint density at radius 2 is 1.23 bits per heavy atom. The fourth-order valence-electron chi connectivity index (χ4n) is 7.33. The van der Waals surface area contributed by atoms with Crippen molar-refractivity contribution in [3.63, 3.8) is 0 Å². The molecule has 1 aliphatic carbocycles. The standard InChI is InChI=1S/C37H25NO/c1-37(2)34-24-10-4-3-9-22(24)15-17-27(34)28-18-19-29-25-11-5-7-13-31(25)38(36(29)35(28)37)23-16-20-33-30(21-23)26-12-6-8-14-32(26)39-33/h3-21H,1-2H3. The minimum atomic E-state index is -0.163. The third-order valence-corrected chi connectivity index (χ3v) is 8.92. The zero-order valence-corrected chi connectivity index (χ0v) is 21.8. The molecule has 0 fully saturated rings. The highest BCUT2D eigenvalue weighted by Gasteiger charge is 2.39. The van der Waals surface area contributed by atoms with Gasteiger partial charge < -0.3 is 8.98 Å². The molecule has 2 heterocycles. The van der Waals surface area contributed by atoms with E-state index in [2.05, 4.69) is 122 Å². The average molecular weight is 500 g/mol. The van der Waals surface area contributed by atoms with Gasteiger partial charge in [-0.1, -0.05) is 98.8 Å². The Morgan fingerprint density at radius 3 is 2.13 bits per heavy atom. The minimum absolute atomic E-state index is 0.163. The topological polar surface area (TPSA) is 18.1 Å². The van der Waals surface area contributed by atoms with Gasteiger partial charge in [0.2, 0.25) is 0 Å². The molecule has 184 valence electrons. The van der Waals surface area contributed by atoms with Crippen LogP contribution in [0.25, 0.3) is 71.3 Å². The van der Waals surface area contributed by atoms with Crippen LogP contribution in [-0.2, 0) is 5.41 Å². The van der Waals surface area contributed by atoms with Crippen LogP contribution in [0.2, 0.25) is 0 Å². The number of furan rings is 1. The lowest BCUT2D eigenvalue weighted by Crippen LogP contribution is -2.17. The first-order valence-corrected chi connectivity index (χ1v) is 13.6. The summed E-state index contributed by atoms with van der Waals surface area (Å²) in [6.45, 7) is 4.80. The van der Waals surface area contributed by atoms with E-state index >= 15 is 0 Å². The van der Waals surface area contributed by atoms with E-state index in [1.165, 1.54) is 54.8 Å². The molecule has 0 bridgehead atoms. The largest absolute Gasteiger partial charge is 0.456 e. The molecule has 0 amide bonds. The maximum Gasteiger partial charge on any atom is 0.135 e. The highest BCUT2D eigenvalue weighted by molar-refractivity contribution is 6.14. The second kappa shape index (κ2) is 7.18. The molecule has 9 rings (SSSR count). The van der Waals surface area contributed by atoms with E-state index < -0.39 is 0 Å². The summed E-state index contributed by atoms with van der Waals surface area (Å²) in [4.78, 5) is 0. The van der Waals surface area contributed by atoms with Gasteiger partial charge in [0.1, 0.15) is 11.2 Å². The number of nitrogens with zero attached hydrogens (tertiary/aromatic N) is 1. The van der Waals surface area contributed by atoms with Crippen molar-refractivity contribution in [3.8, 4) is 16.8 Å². The molecule has 0 atom stereocenters. The van der Waals surface area contributed by atoms with Crippen LogP contribution < -0.4 is 0 Å². The predicted molar refractivity (Wildman–Crippen MR) is 163 cm³/mol. The molecular weight excluding hydrogens is 474 g/mol. The summed E-state index contributed by atoms with van der Waals surface area (Å²) in [5.41, 5.74) is 10.9. The van der Waals surface area contributed by atoms with Crippen molar-refractivity contribution in [2.24, 2.45) is 0 Å². The van der Waals surface area contributed by atoms with Crippen LogP contribution in [0.3, 0.4) is 0 Å². The smallest absolute Gasteiger partial charge is 0.135 e. The molecule has 0 spiro atoms. The lowest BCUT2D eigenvalue weighted by molar-refractivity contribution is 0.668. The van der Waals surface area contributed by atoms with E-state index in [4.69, 9.17) is 4.42 Å². The summed E-state index contributed by atoms with van der Waals surface area (Å²) in [6.07, 6.45) is 0. The van der Waals surface area contributed by atoms with Crippen molar-refractivity contribution in [1.82, 2.24) is 4.57 Å². The summed E-state index contributed by atoms with van der Waals surface area (Å²) in [6, 6.07) is 41.9. The maximum atomic E-state index is 6.18. The number of fused-ring (bicyclic) bond motifs is 12. The quantitative estimate of drug-likeness (QED) is 0.220. The molecule has 2 aromatic heterocycles. The summed E-state index contributed by atoms with van der Waals surface area (Å²) >= 11 is 0. The molecule has 0 N–H and O–H groups in total. The van der Waals surface area contributed by atoms with Crippen molar-refractivity contribution < 1.29 is 4.42 Å². The lowest BCUT2D eigenvalue weighted by Gasteiger charge is -2.25. The number of benzene rings is 6. The highest BCUT2D eigenvalue weighted by Crippen LogP contribution is 2.55. The molecule has 8 aromatic rings. The normalized spacial score (nSPS) is 14.1. The number of hydrogen-bond acceptors (Lipinski definition) is 1. The summed E-state index contributed by atoms with van der Waals surface area (Å²) in [7, 11) is 0. The van der Waals surface area contributed by atoms with E-state index in [-0.39, 0.29) is 5.41 Å². The van der Waals surface area contributed by atoms with Gasteiger partial charge in [-0.05, 0) is 63.4 Å². The highest BCUT2D eigenvalue weighted by atomic mass is 16.3. The minimum Gasteiger partial charge on any atom is -0.456 e. The van der Waals surface area contributed by atoms with Gasteiger partial charge in [-0.2, -0.15) is 0 Å². The van der Waals surface area contributed by atoms with Gasteiger partial charge in [0.25, 0.3) is 0 Å². The van der Waals surface area contributed by atoms with E-state index in [9.17, 15) is 0 Å². The molecule has 39 heavy (non-hydrogen) atoms. The molecular formula is C37H25NO. The van der Waals surface area contributed by atoms with E-state index in [1.807, 2.05) is 12.1 Å². The first-order valence-electron chi connectivity index (χ1n) is 13.6. The number of para-hydroxylation sites is 2. The molecule has 1 aliphatic rings. The van der Waals surface area contributed by atoms with Gasteiger partial charge in [-0.3, -0.25) is 0 Å². The Bertz CT molecular complexity index is 2310. The molecule has 2 heteroatoms. The lowest BCUT2D eigenvalue weighted by atomic mass is 9.79. The number of aromatic nitrogens is 1. The Kier molecular flexibility index (Phi) is 3.89.